The Morgan fingerprint density at radius 2 is 1.86 bits per heavy atom. The summed E-state index contributed by atoms with van der Waals surface area (Å²) in [5.74, 6) is -3.98. The van der Waals surface area contributed by atoms with Gasteiger partial charge in [-0.3, -0.25) is 0 Å². The van der Waals surface area contributed by atoms with Gasteiger partial charge in [0.05, 0.1) is 13.2 Å². The van der Waals surface area contributed by atoms with E-state index in [0.29, 0.717) is 13.0 Å². The summed E-state index contributed by atoms with van der Waals surface area (Å²) in [4.78, 5) is 0. The van der Waals surface area contributed by atoms with E-state index in [0.717, 1.165) is 31.2 Å². The molecule has 0 saturated heterocycles. The van der Waals surface area contributed by atoms with Crippen molar-refractivity contribution in [1.29, 1.82) is 0 Å². The van der Waals surface area contributed by atoms with Gasteiger partial charge in [-0.25, -0.2) is 8.78 Å². The first kappa shape index (κ1) is 18.1. The van der Waals surface area contributed by atoms with Crippen LogP contribution in [0.4, 0.5) is 8.78 Å². The summed E-state index contributed by atoms with van der Waals surface area (Å²) in [5.41, 5.74) is 0.967. The van der Waals surface area contributed by atoms with Crippen molar-refractivity contribution in [2.45, 2.75) is 51.6 Å². The third kappa shape index (κ3) is 7.00. The largest absolute Gasteiger partial charge is 0.390 e. The molecule has 0 aromatic heterocycles. The predicted molar refractivity (Wildman–Crippen MR) is 80.4 cm³/mol. The van der Waals surface area contributed by atoms with Crippen LogP contribution in [0, 0.1) is 5.92 Å². The molecular weight excluding hydrogens is 274 g/mol. The number of aliphatic hydroxyl groups excluding tert-OH is 1. The Morgan fingerprint density at radius 3 is 2.48 bits per heavy atom. The Kier molecular flexibility index (Phi) is 8.47. The van der Waals surface area contributed by atoms with Gasteiger partial charge in [0, 0.05) is 5.92 Å². The molecule has 0 bridgehead atoms. The second-order valence-corrected chi connectivity index (χ2v) is 5.47. The Hall–Kier alpha value is -1.00. The lowest BCUT2D eigenvalue weighted by Crippen LogP contribution is -2.35. The van der Waals surface area contributed by atoms with E-state index in [1.165, 1.54) is 0 Å². The van der Waals surface area contributed by atoms with E-state index in [1.54, 1.807) is 0 Å². The molecule has 1 atom stereocenters. The van der Waals surface area contributed by atoms with Crippen molar-refractivity contribution in [3.05, 3.63) is 35.9 Å². The van der Waals surface area contributed by atoms with Gasteiger partial charge in [0.1, 0.15) is 6.61 Å². The van der Waals surface area contributed by atoms with Crippen molar-refractivity contribution < 1.29 is 18.6 Å². The van der Waals surface area contributed by atoms with E-state index in [1.807, 2.05) is 30.3 Å². The molecule has 0 unspecified atom stereocenters. The molecular formula is C17H26F2O2. The average Bonchev–Trinajstić information content (AvgIpc) is 2.50. The number of unbranched alkanes of at least 4 members (excludes halogenated alkanes) is 3. The molecule has 21 heavy (non-hydrogen) atoms. The van der Waals surface area contributed by atoms with Crippen LogP contribution in [0.25, 0.3) is 0 Å². The average molecular weight is 300 g/mol. The van der Waals surface area contributed by atoms with Crippen LogP contribution in [0.5, 0.6) is 0 Å². The molecule has 120 valence electrons. The standard InChI is InChI=1S/C17H26F2O2/c1-2-3-4-8-11-16(17(18,19)14-20)13-21-12-15-9-6-5-7-10-15/h5-7,9-10,16,20H,2-4,8,11-14H2,1H3/t16-/m0/s1. The summed E-state index contributed by atoms with van der Waals surface area (Å²) in [6.45, 7) is 1.28. The molecule has 1 aromatic carbocycles. The van der Waals surface area contributed by atoms with Gasteiger partial charge in [-0.1, -0.05) is 62.9 Å². The minimum atomic E-state index is -3.07. The van der Waals surface area contributed by atoms with Gasteiger partial charge < -0.3 is 9.84 Å². The zero-order valence-electron chi connectivity index (χ0n) is 12.7. The van der Waals surface area contributed by atoms with Crippen molar-refractivity contribution >= 4 is 0 Å². The number of alkyl halides is 2. The molecule has 0 aliphatic carbocycles. The zero-order valence-corrected chi connectivity index (χ0v) is 12.7. The maximum Gasteiger partial charge on any atom is 0.275 e. The van der Waals surface area contributed by atoms with Crippen LogP contribution >= 0.6 is 0 Å². The Labute approximate surface area is 126 Å². The summed E-state index contributed by atoms with van der Waals surface area (Å²) in [6, 6.07) is 9.49. The zero-order chi connectivity index (χ0) is 15.6. The van der Waals surface area contributed by atoms with Gasteiger partial charge in [-0.05, 0) is 12.0 Å². The number of ether oxygens (including phenoxy) is 1. The minimum Gasteiger partial charge on any atom is -0.390 e. The van der Waals surface area contributed by atoms with Crippen LogP contribution in [-0.2, 0) is 11.3 Å². The van der Waals surface area contributed by atoms with Crippen molar-refractivity contribution in [2.75, 3.05) is 13.2 Å². The van der Waals surface area contributed by atoms with Crippen LogP contribution in [0.1, 0.15) is 44.6 Å². The fourth-order valence-electron chi connectivity index (χ4n) is 2.26. The van der Waals surface area contributed by atoms with E-state index in [2.05, 4.69) is 6.92 Å². The summed E-state index contributed by atoms with van der Waals surface area (Å²) >= 11 is 0. The van der Waals surface area contributed by atoms with E-state index in [9.17, 15) is 8.78 Å². The summed E-state index contributed by atoms with van der Waals surface area (Å²) in [5, 5.41) is 8.88. The van der Waals surface area contributed by atoms with Crippen LogP contribution in [0.15, 0.2) is 30.3 Å². The summed E-state index contributed by atoms with van der Waals surface area (Å²) in [7, 11) is 0. The molecule has 0 spiro atoms. The van der Waals surface area contributed by atoms with Crippen molar-refractivity contribution in [3.8, 4) is 0 Å². The summed E-state index contributed by atoms with van der Waals surface area (Å²) in [6.07, 6.45) is 4.23. The van der Waals surface area contributed by atoms with Crippen LogP contribution in [-0.4, -0.2) is 24.2 Å². The lowest BCUT2D eigenvalue weighted by Gasteiger charge is -2.25. The lowest BCUT2D eigenvalue weighted by molar-refractivity contribution is -0.123. The molecule has 2 nitrogen and oxygen atoms in total. The highest BCUT2D eigenvalue weighted by molar-refractivity contribution is 5.13. The van der Waals surface area contributed by atoms with Crippen molar-refractivity contribution in [2.24, 2.45) is 5.92 Å². The Bertz CT molecular complexity index is 368. The third-order valence-corrected chi connectivity index (χ3v) is 3.64. The number of halogens is 2. The smallest absolute Gasteiger partial charge is 0.275 e. The molecule has 0 aliphatic heterocycles. The highest BCUT2D eigenvalue weighted by Gasteiger charge is 2.38. The van der Waals surface area contributed by atoms with Crippen molar-refractivity contribution in [1.82, 2.24) is 0 Å². The normalized spacial score (nSPS) is 13.3. The highest BCUT2D eigenvalue weighted by atomic mass is 19.3. The fraction of sp³-hybridized carbons (Fsp3) is 0.647. The van der Waals surface area contributed by atoms with Gasteiger partial charge >= 0.3 is 0 Å². The van der Waals surface area contributed by atoms with Gasteiger partial charge in [-0.15, -0.1) is 0 Å². The molecule has 0 heterocycles. The number of benzene rings is 1. The second-order valence-electron chi connectivity index (χ2n) is 5.47. The molecule has 1 aromatic rings. The maximum absolute atomic E-state index is 13.7. The molecule has 4 heteroatoms. The first-order valence-corrected chi connectivity index (χ1v) is 7.70. The van der Waals surface area contributed by atoms with E-state index in [4.69, 9.17) is 9.84 Å². The highest BCUT2D eigenvalue weighted by Crippen LogP contribution is 2.29. The molecule has 0 aliphatic rings. The minimum absolute atomic E-state index is 0.0193. The topological polar surface area (TPSA) is 29.5 Å². The number of rotatable bonds is 11. The monoisotopic (exact) mass is 300 g/mol. The van der Waals surface area contributed by atoms with Crippen LogP contribution in [0.3, 0.4) is 0 Å². The van der Waals surface area contributed by atoms with Gasteiger partial charge in [-0.2, -0.15) is 0 Å². The van der Waals surface area contributed by atoms with Gasteiger partial charge in [0.25, 0.3) is 5.92 Å². The maximum atomic E-state index is 13.7. The SMILES string of the molecule is CCCCCC[C@@H](COCc1ccccc1)C(F)(F)CO. The summed E-state index contributed by atoms with van der Waals surface area (Å²) < 4.78 is 32.9. The predicted octanol–water partition coefficient (Wildman–Crippen LogP) is 4.42. The van der Waals surface area contributed by atoms with E-state index < -0.39 is 18.4 Å². The fourth-order valence-corrected chi connectivity index (χ4v) is 2.26. The first-order valence-electron chi connectivity index (χ1n) is 7.70. The molecule has 1 rings (SSSR count). The van der Waals surface area contributed by atoms with E-state index in [-0.39, 0.29) is 6.61 Å². The number of hydrogen-bond acceptors (Lipinski definition) is 2. The lowest BCUT2D eigenvalue weighted by atomic mass is 9.95. The number of hydrogen-bond donors (Lipinski definition) is 1. The van der Waals surface area contributed by atoms with Gasteiger partial charge in [0.15, 0.2) is 0 Å². The second kappa shape index (κ2) is 9.85. The molecule has 1 N–H and O–H groups in total. The Balaban J connectivity index is 2.41. The quantitative estimate of drug-likeness (QED) is 0.613. The molecule has 0 fully saturated rings. The molecule has 0 radical (unpaired) electrons. The Morgan fingerprint density at radius 1 is 1.14 bits per heavy atom. The molecule has 0 amide bonds. The van der Waals surface area contributed by atoms with Crippen molar-refractivity contribution in [3.63, 3.8) is 0 Å². The first-order chi connectivity index (χ1) is 10.1. The molecule has 0 saturated carbocycles. The third-order valence-electron chi connectivity index (χ3n) is 3.64. The van der Waals surface area contributed by atoms with Crippen LogP contribution < -0.4 is 0 Å². The number of aliphatic hydroxyl groups is 1. The van der Waals surface area contributed by atoms with Gasteiger partial charge in [0.2, 0.25) is 0 Å². The van der Waals surface area contributed by atoms with E-state index >= 15 is 0 Å². The van der Waals surface area contributed by atoms with Crippen LogP contribution in [0.2, 0.25) is 0 Å².